The van der Waals surface area contributed by atoms with Crippen LogP contribution in [0.1, 0.15) is 50.6 Å². The van der Waals surface area contributed by atoms with Gasteiger partial charge in [-0.3, -0.25) is 4.90 Å². The first-order valence-corrected chi connectivity index (χ1v) is 7.93. The number of carbonyl (C=O) groups is 3. The number of hydrogen-bond donors (Lipinski definition) is 1. The van der Waals surface area contributed by atoms with Crippen LogP contribution in [0.4, 0.5) is 4.79 Å². The molecule has 1 aromatic rings. The van der Waals surface area contributed by atoms with Gasteiger partial charge in [0, 0.05) is 13.0 Å². The summed E-state index contributed by atoms with van der Waals surface area (Å²) in [6.07, 6.45) is 0.827. The van der Waals surface area contributed by atoms with Crippen LogP contribution in [0.25, 0.3) is 0 Å². The summed E-state index contributed by atoms with van der Waals surface area (Å²) in [7, 11) is 0. The van der Waals surface area contributed by atoms with Crippen LogP contribution in [0.15, 0.2) is 6.20 Å². The zero-order chi connectivity index (χ0) is 18.8. The van der Waals surface area contributed by atoms with Crippen LogP contribution in [-0.2, 0) is 14.3 Å². The van der Waals surface area contributed by atoms with E-state index < -0.39 is 35.7 Å². The second-order valence-corrected chi connectivity index (χ2v) is 6.68. The molecule has 25 heavy (non-hydrogen) atoms. The van der Waals surface area contributed by atoms with E-state index in [1.54, 1.807) is 27.7 Å². The van der Waals surface area contributed by atoms with Crippen LogP contribution in [0.3, 0.4) is 0 Å². The molecule has 2 rings (SSSR count). The molecule has 1 aliphatic rings. The predicted molar refractivity (Wildman–Crippen MR) is 84.0 cm³/mol. The average molecular weight is 354 g/mol. The van der Waals surface area contributed by atoms with Gasteiger partial charge in [0.1, 0.15) is 11.6 Å². The monoisotopic (exact) mass is 354 g/mol. The van der Waals surface area contributed by atoms with Gasteiger partial charge >= 0.3 is 18.0 Å². The number of aliphatic carboxylic acids is 1. The Kier molecular flexibility index (Phi) is 5.29. The number of carboxylic acid groups (broad SMARTS) is 1. The van der Waals surface area contributed by atoms with Gasteiger partial charge in [-0.15, -0.1) is 5.10 Å². The van der Waals surface area contributed by atoms with Crippen molar-refractivity contribution < 1.29 is 29.0 Å². The zero-order valence-electron chi connectivity index (χ0n) is 14.6. The third kappa shape index (κ3) is 4.46. The number of likely N-dealkylation sites (tertiary alicyclic amines) is 1. The van der Waals surface area contributed by atoms with Crippen molar-refractivity contribution >= 4 is 18.0 Å². The maximum atomic E-state index is 12.3. The van der Waals surface area contributed by atoms with E-state index in [4.69, 9.17) is 9.47 Å². The largest absolute Gasteiger partial charge is 0.480 e. The third-order valence-electron chi connectivity index (χ3n) is 3.56. The van der Waals surface area contributed by atoms with E-state index in [9.17, 15) is 19.5 Å². The molecule has 0 aliphatic carbocycles. The second-order valence-electron chi connectivity index (χ2n) is 6.68. The molecule has 0 unspecified atom stereocenters. The number of hydrogen-bond acceptors (Lipinski definition) is 7. The summed E-state index contributed by atoms with van der Waals surface area (Å²) in [6, 6.07) is -1.46. The Morgan fingerprint density at radius 3 is 2.60 bits per heavy atom. The molecule has 1 fully saturated rings. The summed E-state index contributed by atoms with van der Waals surface area (Å²) < 4.78 is 11.5. The highest BCUT2D eigenvalue weighted by Gasteiger charge is 2.42. The zero-order valence-corrected chi connectivity index (χ0v) is 14.6. The van der Waals surface area contributed by atoms with E-state index in [0.717, 1.165) is 4.90 Å². The normalized spacial score (nSPS) is 20.4. The SMILES string of the molecule is CCOC(=O)c1cn([C@@H]2C[C@@H](C(=O)O)N(C(=O)OC(C)(C)C)C2)nn1. The van der Waals surface area contributed by atoms with Crippen molar-refractivity contribution in [2.24, 2.45) is 0 Å². The molecular weight excluding hydrogens is 332 g/mol. The molecular formula is C15H22N4O6. The fourth-order valence-electron chi connectivity index (χ4n) is 2.52. The minimum Gasteiger partial charge on any atom is -0.480 e. The lowest BCUT2D eigenvalue weighted by atomic mass is 10.2. The molecule has 1 saturated heterocycles. The topological polar surface area (TPSA) is 124 Å². The lowest BCUT2D eigenvalue weighted by Gasteiger charge is -2.26. The van der Waals surface area contributed by atoms with Crippen molar-refractivity contribution in [2.75, 3.05) is 13.2 Å². The molecule has 10 heteroatoms. The molecule has 2 atom stereocenters. The average Bonchev–Trinajstić information content (AvgIpc) is 3.12. The van der Waals surface area contributed by atoms with Crippen molar-refractivity contribution in [1.82, 2.24) is 19.9 Å². The Balaban J connectivity index is 2.15. The summed E-state index contributed by atoms with van der Waals surface area (Å²) in [4.78, 5) is 36.6. The van der Waals surface area contributed by atoms with E-state index in [-0.39, 0.29) is 25.3 Å². The number of carbonyl (C=O) groups excluding carboxylic acids is 2. The van der Waals surface area contributed by atoms with Gasteiger partial charge in [0.15, 0.2) is 5.69 Å². The quantitative estimate of drug-likeness (QED) is 0.797. The van der Waals surface area contributed by atoms with Crippen LogP contribution in [0.5, 0.6) is 0 Å². The second kappa shape index (κ2) is 7.08. The van der Waals surface area contributed by atoms with Gasteiger partial charge in [-0.05, 0) is 27.7 Å². The fraction of sp³-hybridized carbons (Fsp3) is 0.667. The lowest BCUT2D eigenvalue weighted by molar-refractivity contribution is -0.142. The van der Waals surface area contributed by atoms with Crippen LogP contribution in [0.2, 0.25) is 0 Å². The molecule has 1 aromatic heterocycles. The van der Waals surface area contributed by atoms with E-state index in [1.165, 1.54) is 10.9 Å². The number of esters is 1. The smallest absolute Gasteiger partial charge is 0.411 e. The maximum Gasteiger partial charge on any atom is 0.411 e. The van der Waals surface area contributed by atoms with Gasteiger partial charge in [0.25, 0.3) is 0 Å². The first kappa shape index (κ1) is 18.7. The molecule has 10 nitrogen and oxygen atoms in total. The van der Waals surface area contributed by atoms with Gasteiger partial charge < -0.3 is 14.6 Å². The molecule has 1 N–H and O–H groups in total. The Bertz CT molecular complexity index is 665. The number of aromatic nitrogens is 3. The molecule has 0 spiro atoms. The van der Waals surface area contributed by atoms with Crippen molar-refractivity contribution in [3.8, 4) is 0 Å². The minimum absolute atomic E-state index is 0.0319. The van der Waals surface area contributed by atoms with Gasteiger partial charge in [-0.2, -0.15) is 0 Å². The molecule has 0 bridgehead atoms. The summed E-state index contributed by atoms with van der Waals surface area (Å²) in [5.74, 6) is -1.73. The van der Waals surface area contributed by atoms with Crippen molar-refractivity contribution in [3.63, 3.8) is 0 Å². The van der Waals surface area contributed by atoms with E-state index >= 15 is 0 Å². The van der Waals surface area contributed by atoms with Gasteiger partial charge in [0.2, 0.25) is 0 Å². The Morgan fingerprint density at radius 2 is 2.04 bits per heavy atom. The van der Waals surface area contributed by atoms with E-state index in [1.807, 2.05) is 0 Å². The number of amides is 1. The fourth-order valence-corrected chi connectivity index (χ4v) is 2.52. The van der Waals surface area contributed by atoms with Gasteiger partial charge in [0.05, 0.1) is 18.8 Å². The summed E-state index contributed by atoms with van der Waals surface area (Å²) in [5.41, 5.74) is -0.702. The predicted octanol–water partition coefficient (Wildman–Crippen LogP) is 1.09. The Labute approximate surface area is 144 Å². The highest BCUT2D eigenvalue weighted by atomic mass is 16.6. The number of rotatable bonds is 4. The molecule has 1 aliphatic heterocycles. The van der Waals surface area contributed by atoms with Crippen molar-refractivity contribution in [1.29, 1.82) is 0 Å². The van der Waals surface area contributed by atoms with Crippen LogP contribution in [-0.4, -0.2) is 67.8 Å². The Morgan fingerprint density at radius 1 is 1.36 bits per heavy atom. The number of ether oxygens (including phenoxy) is 2. The van der Waals surface area contributed by atoms with Crippen LogP contribution >= 0.6 is 0 Å². The maximum absolute atomic E-state index is 12.3. The Hall–Kier alpha value is -2.65. The van der Waals surface area contributed by atoms with E-state index in [2.05, 4.69) is 10.3 Å². The molecule has 138 valence electrons. The lowest BCUT2D eigenvalue weighted by Crippen LogP contribution is -2.43. The van der Waals surface area contributed by atoms with Crippen molar-refractivity contribution in [2.45, 2.75) is 51.8 Å². The van der Waals surface area contributed by atoms with E-state index in [0.29, 0.717) is 0 Å². The highest BCUT2D eigenvalue weighted by Crippen LogP contribution is 2.28. The highest BCUT2D eigenvalue weighted by molar-refractivity contribution is 5.86. The molecule has 1 amide bonds. The minimum atomic E-state index is -1.13. The standard InChI is InChI=1S/C15H22N4O6/c1-5-24-13(22)10-8-19(17-16-10)9-6-11(12(20)21)18(7-9)14(23)25-15(2,3)4/h8-9,11H,5-7H2,1-4H3,(H,20,21)/t9-,11+/m1/s1. The number of nitrogens with zero attached hydrogens (tertiary/aromatic N) is 4. The van der Waals surface area contributed by atoms with Crippen LogP contribution in [0, 0.1) is 0 Å². The molecule has 0 radical (unpaired) electrons. The molecule has 2 heterocycles. The molecule has 0 aromatic carbocycles. The first-order chi connectivity index (χ1) is 11.6. The van der Waals surface area contributed by atoms with Gasteiger partial charge in [-0.1, -0.05) is 5.21 Å². The number of carboxylic acids is 1. The van der Waals surface area contributed by atoms with Gasteiger partial charge in [-0.25, -0.2) is 19.1 Å². The first-order valence-electron chi connectivity index (χ1n) is 7.93. The summed E-state index contributed by atoms with van der Waals surface area (Å²) >= 11 is 0. The third-order valence-corrected chi connectivity index (χ3v) is 3.56. The van der Waals surface area contributed by atoms with Crippen molar-refractivity contribution in [3.05, 3.63) is 11.9 Å². The summed E-state index contributed by atoms with van der Waals surface area (Å²) in [5, 5.41) is 17.0. The molecule has 0 saturated carbocycles. The van der Waals surface area contributed by atoms with Crippen LogP contribution < -0.4 is 0 Å². The summed E-state index contributed by atoms with van der Waals surface area (Å²) in [6.45, 7) is 7.10.